The second-order valence-electron chi connectivity index (χ2n) is 4.80. The largest absolute Gasteiger partial charge is 0.496 e. The Morgan fingerprint density at radius 2 is 1.86 bits per heavy atom. The zero-order valence-corrected chi connectivity index (χ0v) is 13.5. The van der Waals surface area contributed by atoms with Gasteiger partial charge in [0.2, 0.25) is 0 Å². The number of benzene rings is 1. The molecule has 21 heavy (non-hydrogen) atoms. The molecule has 0 aliphatic rings. The van der Waals surface area contributed by atoms with Gasteiger partial charge in [0.1, 0.15) is 5.75 Å². The van der Waals surface area contributed by atoms with Gasteiger partial charge in [-0.05, 0) is 45.0 Å². The number of hydrogen-bond donors (Lipinski definition) is 0. The second kappa shape index (κ2) is 6.72. The van der Waals surface area contributed by atoms with E-state index in [4.69, 9.17) is 4.74 Å². The molecule has 5 heteroatoms. The summed E-state index contributed by atoms with van der Waals surface area (Å²) < 4.78 is 5.35. The lowest BCUT2D eigenvalue weighted by atomic mass is 10.1. The molecule has 0 saturated heterocycles. The average molecular weight is 302 g/mol. The average Bonchev–Trinajstić information content (AvgIpc) is 2.43. The molecule has 0 aliphatic carbocycles. The number of ether oxygens (including phenoxy) is 1. The third-order valence-corrected chi connectivity index (χ3v) is 3.90. The molecule has 0 bridgehead atoms. The Hall–Kier alpha value is -1.88. The molecule has 0 amide bonds. The van der Waals surface area contributed by atoms with Crippen LogP contribution >= 0.6 is 11.8 Å². The van der Waals surface area contributed by atoms with E-state index in [1.54, 1.807) is 20.1 Å². The predicted octanol–water partition coefficient (Wildman–Crippen LogP) is 3.60. The molecule has 0 fully saturated rings. The minimum atomic E-state index is 0.0477. The van der Waals surface area contributed by atoms with Gasteiger partial charge in [-0.1, -0.05) is 11.8 Å². The number of rotatable bonds is 5. The number of nitrogens with zero attached hydrogens (tertiary/aromatic N) is 2. The van der Waals surface area contributed by atoms with E-state index >= 15 is 0 Å². The van der Waals surface area contributed by atoms with Crippen LogP contribution in [0.4, 0.5) is 0 Å². The summed E-state index contributed by atoms with van der Waals surface area (Å²) in [5.74, 6) is 1.48. The topological polar surface area (TPSA) is 52.1 Å². The van der Waals surface area contributed by atoms with Crippen molar-refractivity contribution in [3.63, 3.8) is 0 Å². The fraction of sp³-hybridized carbons (Fsp3) is 0.312. The smallest absolute Gasteiger partial charge is 0.188 e. The van der Waals surface area contributed by atoms with Crippen LogP contribution in [0.3, 0.4) is 0 Å². The lowest BCUT2D eigenvalue weighted by Gasteiger charge is -2.09. The van der Waals surface area contributed by atoms with E-state index in [9.17, 15) is 4.79 Å². The maximum atomic E-state index is 11.5. The molecule has 0 N–H and O–H groups in total. The molecule has 0 saturated carbocycles. The van der Waals surface area contributed by atoms with Crippen LogP contribution in [0, 0.1) is 13.8 Å². The number of methoxy groups -OCH3 is 1. The summed E-state index contributed by atoms with van der Waals surface area (Å²) in [6.07, 6.45) is 0. The van der Waals surface area contributed by atoms with Crippen LogP contribution in [0.1, 0.15) is 34.2 Å². The minimum Gasteiger partial charge on any atom is -0.496 e. The summed E-state index contributed by atoms with van der Waals surface area (Å²) in [6, 6.07) is 7.43. The molecule has 0 spiro atoms. The van der Waals surface area contributed by atoms with Gasteiger partial charge in [-0.15, -0.1) is 0 Å². The van der Waals surface area contributed by atoms with Crippen molar-refractivity contribution in [2.24, 2.45) is 0 Å². The van der Waals surface area contributed by atoms with Crippen LogP contribution in [0.5, 0.6) is 5.75 Å². The van der Waals surface area contributed by atoms with Gasteiger partial charge >= 0.3 is 0 Å². The first-order valence-corrected chi connectivity index (χ1v) is 7.61. The van der Waals surface area contributed by atoms with E-state index in [1.807, 2.05) is 32.0 Å². The van der Waals surface area contributed by atoms with E-state index in [0.717, 1.165) is 27.9 Å². The monoisotopic (exact) mass is 302 g/mol. The Bertz CT molecular complexity index is 651. The molecule has 0 atom stereocenters. The first-order chi connectivity index (χ1) is 9.99. The summed E-state index contributed by atoms with van der Waals surface area (Å²) >= 11 is 1.54. The van der Waals surface area contributed by atoms with E-state index in [-0.39, 0.29) is 5.78 Å². The normalized spacial score (nSPS) is 10.5. The standard InChI is InChI=1S/C16H18N2O2S/c1-10-7-11(2)18-16(17-10)21-9-14-8-13(12(3)19)5-6-15(14)20-4/h5-8H,9H2,1-4H3. The zero-order valence-electron chi connectivity index (χ0n) is 12.6. The number of hydrogen-bond acceptors (Lipinski definition) is 5. The third-order valence-electron chi connectivity index (χ3n) is 3.01. The van der Waals surface area contributed by atoms with Crippen LogP contribution in [0.25, 0.3) is 0 Å². The van der Waals surface area contributed by atoms with Crippen molar-refractivity contribution < 1.29 is 9.53 Å². The van der Waals surface area contributed by atoms with Gasteiger partial charge in [-0.25, -0.2) is 9.97 Å². The van der Waals surface area contributed by atoms with Crippen molar-refractivity contribution in [1.82, 2.24) is 9.97 Å². The van der Waals surface area contributed by atoms with Crippen LogP contribution in [0.2, 0.25) is 0 Å². The molecular weight excluding hydrogens is 284 g/mol. The molecule has 2 aromatic rings. The summed E-state index contributed by atoms with van der Waals surface area (Å²) in [5.41, 5.74) is 3.56. The quantitative estimate of drug-likeness (QED) is 0.480. The van der Waals surface area contributed by atoms with Crippen molar-refractivity contribution in [1.29, 1.82) is 0 Å². The van der Waals surface area contributed by atoms with E-state index in [1.165, 1.54) is 11.8 Å². The Kier molecular flexibility index (Phi) is 4.96. The SMILES string of the molecule is COc1ccc(C(C)=O)cc1CSc1nc(C)cc(C)n1. The van der Waals surface area contributed by atoms with Crippen molar-refractivity contribution in [2.45, 2.75) is 31.7 Å². The van der Waals surface area contributed by atoms with Gasteiger partial charge in [0.05, 0.1) is 7.11 Å². The number of aryl methyl sites for hydroxylation is 2. The molecule has 0 aliphatic heterocycles. The Morgan fingerprint density at radius 3 is 2.43 bits per heavy atom. The minimum absolute atomic E-state index is 0.0477. The Balaban J connectivity index is 2.21. The molecule has 1 aromatic heterocycles. The van der Waals surface area contributed by atoms with Crippen LogP contribution in [-0.4, -0.2) is 22.9 Å². The first kappa shape index (κ1) is 15.5. The summed E-state index contributed by atoms with van der Waals surface area (Å²) in [5, 5.41) is 0.739. The maximum Gasteiger partial charge on any atom is 0.188 e. The fourth-order valence-corrected chi connectivity index (χ4v) is 2.94. The molecule has 1 aromatic carbocycles. The van der Waals surface area contributed by atoms with Gasteiger partial charge in [-0.3, -0.25) is 4.79 Å². The predicted molar refractivity (Wildman–Crippen MR) is 84.1 cm³/mol. The van der Waals surface area contributed by atoms with Gasteiger partial charge in [-0.2, -0.15) is 0 Å². The lowest BCUT2D eigenvalue weighted by Crippen LogP contribution is -1.98. The number of carbonyl (C=O) groups excluding carboxylic acids is 1. The highest BCUT2D eigenvalue weighted by Gasteiger charge is 2.09. The number of aromatic nitrogens is 2. The van der Waals surface area contributed by atoms with Crippen LogP contribution in [-0.2, 0) is 5.75 Å². The molecular formula is C16H18N2O2S. The number of ketones is 1. The van der Waals surface area contributed by atoms with Crippen LogP contribution in [0.15, 0.2) is 29.4 Å². The summed E-state index contributed by atoms with van der Waals surface area (Å²) in [7, 11) is 1.63. The van der Waals surface area contributed by atoms with E-state index < -0.39 is 0 Å². The highest BCUT2D eigenvalue weighted by molar-refractivity contribution is 7.98. The number of carbonyl (C=O) groups is 1. The molecule has 110 valence electrons. The van der Waals surface area contributed by atoms with Crippen molar-refractivity contribution >= 4 is 17.5 Å². The zero-order chi connectivity index (χ0) is 15.4. The fourth-order valence-electron chi connectivity index (χ4n) is 2.01. The highest BCUT2D eigenvalue weighted by Crippen LogP contribution is 2.27. The number of thioether (sulfide) groups is 1. The van der Waals surface area contributed by atoms with Crippen molar-refractivity contribution in [3.8, 4) is 5.75 Å². The Morgan fingerprint density at radius 1 is 1.19 bits per heavy atom. The first-order valence-electron chi connectivity index (χ1n) is 6.62. The van der Waals surface area contributed by atoms with Gasteiger partial charge < -0.3 is 4.74 Å². The van der Waals surface area contributed by atoms with E-state index in [2.05, 4.69) is 9.97 Å². The van der Waals surface area contributed by atoms with Gasteiger partial charge in [0.15, 0.2) is 10.9 Å². The third kappa shape index (κ3) is 4.04. The van der Waals surface area contributed by atoms with Crippen molar-refractivity contribution in [3.05, 3.63) is 46.8 Å². The van der Waals surface area contributed by atoms with Gasteiger partial charge in [0, 0.05) is 28.3 Å². The van der Waals surface area contributed by atoms with Gasteiger partial charge in [0.25, 0.3) is 0 Å². The molecule has 0 radical (unpaired) electrons. The van der Waals surface area contributed by atoms with Crippen molar-refractivity contribution in [2.75, 3.05) is 7.11 Å². The second-order valence-corrected chi connectivity index (χ2v) is 5.75. The molecule has 4 nitrogen and oxygen atoms in total. The van der Waals surface area contributed by atoms with E-state index in [0.29, 0.717) is 11.3 Å². The maximum absolute atomic E-state index is 11.5. The Labute approximate surface area is 129 Å². The van der Waals surface area contributed by atoms with Crippen LogP contribution < -0.4 is 4.74 Å². The molecule has 1 heterocycles. The highest BCUT2D eigenvalue weighted by atomic mass is 32.2. The molecule has 2 rings (SSSR count). The summed E-state index contributed by atoms with van der Waals surface area (Å²) in [6.45, 7) is 5.47. The number of Topliss-reactive ketones (excluding diaryl/α,β-unsaturated/α-hetero) is 1. The summed E-state index contributed by atoms with van der Waals surface area (Å²) in [4.78, 5) is 20.3. The molecule has 0 unspecified atom stereocenters. The lowest BCUT2D eigenvalue weighted by molar-refractivity contribution is 0.101.